The molecule has 0 aromatic rings. The number of carboxylic acids is 1. The van der Waals surface area contributed by atoms with Crippen molar-refractivity contribution in [1.29, 1.82) is 0 Å². The van der Waals surface area contributed by atoms with Gasteiger partial charge in [0, 0.05) is 0 Å². The quantitative estimate of drug-likeness (QED) is 0.755. The first-order chi connectivity index (χ1) is 6.94. The monoisotopic (exact) mass is 211 g/mol. The molecule has 2 atom stereocenters. The molecule has 3 nitrogen and oxygen atoms in total. The van der Waals surface area contributed by atoms with E-state index in [0.29, 0.717) is 11.8 Å². The number of piperidine rings is 1. The Bertz CT molecular complexity index is 267. The number of carboxylic acid groups (broad SMARTS) is 1. The van der Waals surface area contributed by atoms with Gasteiger partial charge < -0.3 is 10.0 Å². The summed E-state index contributed by atoms with van der Waals surface area (Å²) in [4.78, 5) is 13.4. The fraction of sp³-hybridized carbons (Fsp3) is 0.917. The molecule has 0 aromatic carbocycles. The molecule has 1 saturated heterocycles. The third-order valence-electron chi connectivity index (χ3n) is 4.45. The highest BCUT2D eigenvalue weighted by Crippen LogP contribution is 2.63. The number of rotatable bonds is 2. The van der Waals surface area contributed by atoms with Gasteiger partial charge >= 0.3 is 5.97 Å². The summed E-state index contributed by atoms with van der Waals surface area (Å²) in [6, 6.07) is 0. The second kappa shape index (κ2) is 3.48. The molecule has 1 aliphatic carbocycles. The molecule has 1 aliphatic heterocycles. The lowest BCUT2D eigenvalue weighted by molar-refractivity contribution is -0.139. The summed E-state index contributed by atoms with van der Waals surface area (Å²) in [6.45, 7) is 6.47. The molecule has 0 spiro atoms. The van der Waals surface area contributed by atoms with E-state index in [9.17, 15) is 4.79 Å². The van der Waals surface area contributed by atoms with Crippen LogP contribution in [0, 0.1) is 23.2 Å². The fourth-order valence-corrected chi connectivity index (χ4v) is 3.42. The van der Waals surface area contributed by atoms with E-state index in [1.165, 1.54) is 12.8 Å². The molecule has 0 bridgehead atoms. The van der Waals surface area contributed by atoms with E-state index < -0.39 is 5.97 Å². The van der Waals surface area contributed by atoms with Crippen molar-refractivity contribution in [1.82, 2.24) is 4.90 Å². The van der Waals surface area contributed by atoms with Crippen LogP contribution < -0.4 is 0 Å². The molecular weight excluding hydrogens is 190 g/mol. The SMILES string of the molecule is CN1CCC([C@H]2[C@H](C(=O)O)C2(C)C)CC1. The van der Waals surface area contributed by atoms with E-state index in [0.717, 1.165) is 13.1 Å². The number of carbonyl (C=O) groups is 1. The molecule has 0 unspecified atom stereocenters. The van der Waals surface area contributed by atoms with Crippen LogP contribution in [0.4, 0.5) is 0 Å². The molecule has 2 rings (SSSR count). The molecule has 0 amide bonds. The van der Waals surface area contributed by atoms with Crippen molar-refractivity contribution in [2.24, 2.45) is 23.2 Å². The zero-order chi connectivity index (χ0) is 11.2. The van der Waals surface area contributed by atoms with Crippen LogP contribution in [0.25, 0.3) is 0 Å². The van der Waals surface area contributed by atoms with E-state index in [4.69, 9.17) is 5.11 Å². The minimum Gasteiger partial charge on any atom is -0.481 e. The molecule has 2 fully saturated rings. The zero-order valence-electron chi connectivity index (χ0n) is 9.86. The maximum atomic E-state index is 11.1. The average molecular weight is 211 g/mol. The largest absolute Gasteiger partial charge is 0.481 e. The van der Waals surface area contributed by atoms with Crippen molar-refractivity contribution in [3.8, 4) is 0 Å². The molecule has 1 saturated carbocycles. The van der Waals surface area contributed by atoms with Gasteiger partial charge in [0.05, 0.1) is 5.92 Å². The number of nitrogens with zero attached hydrogens (tertiary/aromatic N) is 1. The van der Waals surface area contributed by atoms with Crippen molar-refractivity contribution in [3.63, 3.8) is 0 Å². The first-order valence-electron chi connectivity index (χ1n) is 5.86. The smallest absolute Gasteiger partial charge is 0.307 e. The van der Waals surface area contributed by atoms with E-state index in [1.54, 1.807) is 0 Å². The van der Waals surface area contributed by atoms with Crippen molar-refractivity contribution < 1.29 is 9.90 Å². The van der Waals surface area contributed by atoms with Gasteiger partial charge in [0.1, 0.15) is 0 Å². The predicted octanol–water partition coefficient (Wildman–Crippen LogP) is 1.68. The standard InChI is InChI=1S/C12H21NO2/c1-12(2)9(10(12)11(14)15)8-4-6-13(3)7-5-8/h8-10H,4-7H2,1-3H3,(H,14,15)/t9-,10+/m0/s1. The van der Waals surface area contributed by atoms with Gasteiger partial charge in [0.2, 0.25) is 0 Å². The average Bonchev–Trinajstić information content (AvgIpc) is 2.70. The summed E-state index contributed by atoms with van der Waals surface area (Å²) < 4.78 is 0. The summed E-state index contributed by atoms with van der Waals surface area (Å²) >= 11 is 0. The van der Waals surface area contributed by atoms with Crippen LogP contribution in [0.3, 0.4) is 0 Å². The molecule has 2 aliphatic rings. The van der Waals surface area contributed by atoms with Crippen LogP contribution in [0.1, 0.15) is 26.7 Å². The first-order valence-corrected chi connectivity index (χ1v) is 5.86. The normalized spacial score (nSPS) is 36.5. The lowest BCUT2D eigenvalue weighted by Gasteiger charge is -2.29. The molecule has 0 aromatic heterocycles. The second-order valence-electron chi connectivity index (χ2n) is 5.80. The summed E-state index contributed by atoms with van der Waals surface area (Å²) in [6.07, 6.45) is 2.35. The Kier molecular flexibility index (Phi) is 2.53. The van der Waals surface area contributed by atoms with Gasteiger partial charge in [-0.1, -0.05) is 13.8 Å². The van der Waals surface area contributed by atoms with Gasteiger partial charge in [-0.25, -0.2) is 0 Å². The summed E-state index contributed by atoms with van der Waals surface area (Å²) in [5.74, 6) is 0.371. The lowest BCUT2D eigenvalue weighted by Crippen LogP contribution is -2.31. The molecule has 1 heterocycles. The topological polar surface area (TPSA) is 40.5 Å². The first kappa shape index (κ1) is 10.9. The molecule has 0 radical (unpaired) electrons. The highest BCUT2D eigenvalue weighted by molar-refractivity contribution is 5.75. The van der Waals surface area contributed by atoms with Crippen LogP contribution >= 0.6 is 0 Å². The van der Waals surface area contributed by atoms with Crippen LogP contribution in [0.5, 0.6) is 0 Å². The molecule has 3 heteroatoms. The van der Waals surface area contributed by atoms with E-state index in [2.05, 4.69) is 25.8 Å². The van der Waals surface area contributed by atoms with E-state index in [1.807, 2.05) is 0 Å². The van der Waals surface area contributed by atoms with Gasteiger partial charge in [-0.2, -0.15) is 0 Å². The van der Waals surface area contributed by atoms with Gasteiger partial charge in [-0.05, 0) is 50.2 Å². The molecule has 86 valence electrons. The Hall–Kier alpha value is -0.570. The minimum absolute atomic E-state index is 0.0341. The Balaban J connectivity index is 1.98. The predicted molar refractivity (Wildman–Crippen MR) is 58.6 cm³/mol. The second-order valence-corrected chi connectivity index (χ2v) is 5.80. The highest BCUT2D eigenvalue weighted by atomic mass is 16.4. The maximum Gasteiger partial charge on any atom is 0.307 e. The summed E-state index contributed by atoms with van der Waals surface area (Å²) in [5.41, 5.74) is 0.0341. The summed E-state index contributed by atoms with van der Waals surface area (Å²) in [7, 11) is 2.14. The third-order valence-corrected chi connectivity index (χ3v) is 4.45. The van der Waals surface area contributed by atoms with Gasteiger partial charge in [0.15, 0.2) is 0 Å². The Morgan fingerprint density at radius 1 is 1.33 bits per heavy atom. The van der Waals surface area contributed by atoms with Crippen molar-refractivity contribution in [2.75, 3.05) is 20.1 Å². The van der Waals surface area contributed by atoms with Crippen LogP contribution in [0.15, 0.2) is 0 Å². The van der Waals surface area contributed by atoms with E-state index >= 15 is 0 Å². The Labute approximate surface area is 91.5 Å². The lowest BCUT2D eigenvalue weighted by atomic mass is 9.88. The molecule has 15 heavy (non-hydrogen) atoms. The van der Waals surface area contributed by atoms with Crippen LogP contribution in [-0.2, 0) is 4.79 Å². The van der Waals surface area contributed by atoms with Gasteiger partial charge in [-0.3, -0.25) is 4.79 Å². The third kappa shape index (κ3) is 1.78. The van der Waals surface area contributed by atoms with E-state index in [-0.39, 0.29) is 11.3 Å². The van der Waals surface area contributed by atoms with Gasteiger partial charge in [-0.15, -0.1) is 0 Å². The zero-order valence-corrected chi connectivity index (χ0v) is 9.86. The number of hydrogen-bond acceptors (Lipinski definition) is 2. The fourth-order valence-electron chi connectivity index (χ4n) is 3.42. The number of aliphatic carboxylic acids is 1. The molecular formula is C12H21NO2. The van der Waals surface area contributed by atoms with Crippen molar-refractivity contribution in [3.05, 3.63) is 0 Å². The maximum absolute atomic E-state index is 11.1. The Morgan fingerprint density at radius 3 is 2.27 bits per heavy atom. The van der Waals surface area contributed by atoms with Crippen molar-refractivity contribution in [2.45, 2.75) is 26.7 Å². The molecule has 1 N–H and O–H groups in total. The number of likely N-dealkylation sites (tertiary alicyclic amines) is 1. The van der Waals surface area contributed by atoms with Crippen LogP contribution in [0.2, 0.25) is 0 Å². The minimum atomic E-state index is -0.594. The van der Waals surface area contributed by atoms with Crippen molar-refractivity contribution >= 4 is 5.97 Å². The van der Waals surface area contributed by atoms with Crippen LogP contribution in [-0.4, -0.2) is 36.1 Å². The summed E-state index contributed by atoms with van der Waals surface area (Å²) in [5, 5.41) is 9.13. The van der Waals surface area contributed by atoms with Gasteiger partial charge in [0.25, 0.3) is 0 Å². The highest BCUT2D eigenvalue weighted by Gasteiger charge is 2.64. The Morgan fingerprint density at radius 2 is 1.87 bits per heavy atom. The number of hydrogen-bond donors (Lipinski definition) is 1.